The lowest BCUT2D eigenvalue weighted by atomic mass is 10.2. The molecule has 11 heteroatoms. The van der Waals surface area contributed by atoms with Gasteiger partial charge in [-0.1, -0.05) is 30.0 Å². The summed E-state index contributed by atoms with van der Waals surface area (Å²) in [5.41, 5.74) is 0.0327. The lowest BCUT2D eigenvalue weighted by molar-refractivity contribution is -0.383. The molecule has 0 aliphatic rings. The molecule has 0 fully saturated rings. The van der Waals surface area contributed by atoms with Gasteiger partial charge in [-0.25, -0.2) is 4.68 Å². The molecule has 0 bridgehead atoms. The van der Waals surface area contributed by atoms with E-state index in [4.69, 9.17) is 5.84 Å². The molecule has 2 heterocycles. The number of anilines is 1. The van der Waals surface area contributed by atoms with Crippen LogP contribution in [0, 0.1) is 10.1 Å². The molecule has 0 atom stereocenters. The zero-order chi connectivity index (χ0) is 18.5. The second-order valence-electron chi connectivity index (χ2n) is 5.07. The van der Waals surface area contributed by atoms with Crippen molar-refractivity contribution in [3.63, 3.8) is 0 Å². The van der Waals surface area contributed by atoms with Gasteiger partial charge in [0.2, 0.25) is 11.1 Å². The monoisotopic (exact) mass is 390 g/mol. The third kappa shape index (κ3) is 4.00. The summed E-state index contributed by atoms with van der Waals surface area (Å²) in [6, 6.07) is 9.80. The summed E-state index contributed by atoms with van der Waals surface area (Å²) in [6.45, 7) is 0. The van der Waals surface area contributed by atoms with Gasteiger partial charge in [0.25, 0.3) is 5.69 Å². The Balaban J connectivity index is 1.56. The van der Waals surface area contributed by atoms with Crippen LogP contribution in [0.1, 0.15) is 6.42 Å². The summed E-state index contributed by atoms with van der Waals surface area (Å²) < 4.78 is 1.39. The number of para-hydroxylation sites is 2. The predicted octanol–water partition coefficient (Wildman–Crippen LogP) is 2.75. The van der Waals surface area contributed by atoms with E-state index in [0.29, 0.717) is 16.7 Å². The number of amides is 1. The van der Waals surface area contributed by atoms with Crippen molar-refractivity contribution in [3.05, 3.63) is 51.9 Å². The fraction of sp³-hybridized carbons (Fsp3) is 0.133. The summed E-state index contributed by atoms with van der Waals surface area (Å²) in [5.74, 6) is 6.64. The number of thioether (sulfide) groups is 1. The first kappa shape index (κ1) is 17.9. The Hall–Kier alpha value is -2.92. The van der Waals surface area contributed by atoms with Gasteiger partial charge in [0.15, 0.2) is 5.82 Å². The van der Waals surface area contributed by atoms with Gasteiger partial charge in [0.05, 0.1) is 9.80 Å². The zero-order valence-corrected chi connectivity index (χ0v) is 15.0. The van der Waals surface area contributed by atoms with Crippen LogP contribution in [0.25, 0.3) is 10.7 Å². The predicted molar refractivity (Wildman–Crippen MR) is 101 cm³/mol. The van der Waals surface area contributed by atoms with Crippen molar-refractivity contribution in [1.29, 1.82) is 0 Å². The van der Waals surface area contributed by atoms with Crippen molar-refractivity contribution >= 4 is 40.4 Å². The van der Waals surface area contributed by atoms with Gasteiger partial charge in [-0.2, -0.15) is 0 Å². The zero-order valence-electron chi connectivity index (χ0n) is 13.4. The van der Waals surface area contributed by atoms with E-state index in [1.807, 2.05) is 17.5 Å². The van der Waals surface area contributed by atoms with Crippen LogP contribution in [-0.4, -0.2) is 31.5 Å². The molecule has 0 saturated heterocycles. The van der Waals surface area contributed by atoms with E-state index >= 15 is 0 Å². The lowest BCUT2D eigenvalue weighted by Crippen LogP contribution is -2.14. The minimum Gasteiger partial charge on any atom is -0.335 e. The number of rotatable bonds is 7. The van der Waals surface area contributed by atoms with E-state index in [9.17, 15) is 14.9 Å². The number of hydrogen-bond acceptors (Lipinski definition) is 8. The van der Waals surface area contributed by atoms with Crippen molar-refractivity contribution in [3.8, 4) is 10.7 Å². The smallest absolute Gasteiger partial charge is 0.292 e. The van der Waals surface area contributed by atoms with Crippen molar-refractivity contribution in [2.24, 2.45) is 0 Å². The summed E-state index contributed by atoms with van der Waals surface area (Å²) in [4.78, 5) is 23.4. The summed E-state index contributed by atoms with van der Waals surface area (Å²) in [5, 5.41) is 24.0. The number of benzene rings is 1. The number of nitro groups is 1. The highest BCUT2D eigenvalue weighted by atomic mass is 32.2. The fourth-order valence-corrected chi connectivity index (χ4v) is 3.64. The molecule has 0 unspecified atom stereocenters. The van der Waals surface area contributed by atoms with Crippen LogP contribution in [0.4, 0.5) is 11.4 Å². The number of nitrogens with two attached hydrogens (primary N) is 1. The van der Waals surface area contributed by atoms with Gasteiger partial charge in [-0.15, -0.1) is 21.5 Å². The average molecular weight is 390 g/mol. The number of nitrogens with zero attached hydrogens (tertiary/aromatic N) is 4. The maximum atomic E-state index is 12.0. The van der Waals surface area contributed by atoms with Crippen LogP contribution in [-0.2, 0) is 4.79 Å². The van der Waals surface area contributed by atoms with Gasteiger partial charge in [-0.3, -0.25) is 14.9 Å². The number of nitrogen functional groups attached to an aromatic ring is 1. The molecule has 134 valence electrons. The SMILES string of the molecule is Nn1c(SCCC(=O)Nc2ccccc2[N+](=O)[O-])nnc1-c1cccs1. The topological polar surface area (TPSA) is 129 Å². The largest absolute Gasteiger partial charge is 0.335 e. The van der Waals surface area contributed by atoms with Gasteiger partial charge >= 0.3 is 0 Å². The van der Waals surface area contributed by atoms with E-state index in [0.717, 1.165) is 4.88 Å². The number of carbonyl (C=O) groups is 1. The molecule has 2 aromatic heterocycles. The minimum absolute atomic E-state index is 0.143. The number of nitro benzene ring substituents is 1. The first-order valence-electron chi connectivity index (χ1n) is 7.46. The Bertz CT molecular complexity index is 925. The van der Waals surface area contributed by atoms with Crippen LogP contribution in [0.15, 0.2) is 46.9 Å². The van der Waals surface area contributed by atoms with Crippen molar-refractivity contribution in [2.75, 3.05) is 16.9 Å². The Labute approximate surface area is 156 Å². The molecule has 0 saturated carbocycles. The number of thiophene rings is 1. The maximum absolute atomic E-state index is 12.0. The van der Waals surface area contributed by atoms with E-state index in [1.165, 1.54) is 39.9 Å². The number of nitrogens with one attached hydrogen (secondary N) is 1. The van der Waals surface area contributed by atoms with Crippen LogP contribution < -0.4 is 11.2 Å². The Kier molecular flexibility index (Phi) is 5.49. The Morgan fingerprint density at radius 3 is 2.85 bits per heavy atom. The molecular formula is C15H14N6O3S2. The molecule has 3 rings (SSSR count). The first-order chi connectivity index (χ1) is 12.6. The highest BCUT2D eigenvalue weighted by molar-refractivity contribution is 7.99. The standard InChI is InChI=1S/C15H14N6O3S2/c16-20-14(12-6-3-8-25-12)18-19-15(20)26-9-7-13(22)17-10-4-1-2-5-11(10)21(23)24/h1-6,8H,7,9,16H2,(H,17,22). The molecular weight excluding hydrogens is 376 g/mol. The summed E-state index contributed by atoms with van der Waals surface area (Å²) >= 11 is 2.79. The molecule has 0 aliphatic carbocycles. The van der Waals surface area contributed by atoms with Crippen LogP contribution >= 0.6 is 23.1 Å². The Morgan fingerprint density at radius 2 is 2.12 bits per heavy atom. The van der Waals surface area contributed by atoms with Crippen LogP contribution in [0.3, 0.4) is 0 Å². The molecule has 1 aromatic carbocycles. The number of hydrogen-bond donors (Lipinski definition) is 2. The molecule has 3 N–H and O–H groups in total. The highest BCUT2D eigenvalue weighted by Gasteiger charge is 2.16. The molecule has 3 aromatic rings. The molecule has 9 nitrogen and oxygen atoms in total. The van der Waals surface area contributed by atoms with Crippen LogP contribution in [0.2, 0.25) is 0 Å². The molecule has 26 heavy (non-hydrogen) atoms. The summed E-state index contributed by atoms with van der Waals surface area (Å²) in [7, 11) is 0. The minimum atomic E-state index is -0.534. The molecule has 0 aliphatic heterocycles. The van der Waals surface area contributed by atoms with Crippen molar-refractivity contribution in [1.82, 2.24) is 14.9 Å². The molecule has 0 spiro atoms. The van der Waals surface area contributed by atoms with E-state index in [-0.39, 0.29) is 23.7 Å². The van der Waals surface area contributed by atoms with E-state index < -0.39 is 4.92 Å². The van der Waals surface area contributed by atoms with Gasteiger partial charge < -0.3 is 11.2 Å². The van der Waals surface area contributed by atoms with E-state index in [1.54, 1.807) is 12.1 Å². The molecule has 1 amide bonds. The van der Waals surface area contributed by atoms with Crippen molar-refractivity contribution in [2.45, 2.75) is 11.6 Å². The van der Waals surface area contributed by atoms with Gasteiger partial charge in [-0.05, 0) is 17.5 Å². The second-order valence-corrected chi connectivity index (χ2v) is 7.08. The lowest BCUT2D eigenvalue weighted by Gasteiger charge is -2.06. The van der Waals surface area contributed by atoms with E-state index in [2.05, 4.69) is 15.5 Å². The normalized spacial score (nSPS) is 10.6. The average Bonchev–Trinajstić information content (AvgIpc) is 3.25. The Morgan fingerprint density at radius 1 is 1.31 bits per heavy atom. The molecule has 0 radical (unpaired) electrons. The first-order valence-corrected chi connectivity index (χ1v) is 9.33. The number of aromatic nitrogens is 3. The van der Waals surface area contributed by atoms with Gasteiger partial charge in [0, 0.05) is 18.2 Å². The highest BCUT2D eigenvalue weighted by Crippen LogP contribution is 2.26. The quantitative estimate of drug-likeness (QED) is 0.275. The van der Waals surface area contributed by atoms with Crippen LogP contribution in [0.5, 0.6) is 0 Å². The third-order valence-corrected chi connectivity index (χ3v) is 5.15. The maximum Gasteiger partial charge on any atom is 0.292 e. The van der Waals surface area contributed by atoms with Gasteiger partial charge in [0.1, 0.15) is 5.69 Å². The van der Waals surface area contributed by atoms with Crippen molar-refractivity contribution < 1.29 is 9.72 Å². The number of carbonyl (C=O) groups excluding carboxylic acids is 1. The fourth-order valence-electron chi connectivity index (χ4n) is 2.14. The summed E-state index contributed by atoms with van der Waals surface area (Å²) in [6.07, 6.45) is 0.151. The second kappa shape index (κ2) is 7.97. The third-order valence-electron chi connectivity index (χ3n) is 3.34.